The molecule has 0 saturated carbocycles. The predicted octanol–water partition coefficient (Wildman–Crippen LogP) is 4.08. The van der Waals surface area contributed by atoms with Crippen molar-refractivity contribution in [1.82, 2.24) is 19.7 Å². The summed E-state index contributed by atoms with van der Waals surface area (Å²) in [5, 5.41) is 4.19. The molecule has 0 aliphatic carbocycles. The second-order valence-corrected chi connectivity index (χ2v) is 6.50. The number of hydrogen-bond donors (Lipinski definition) is 0. The maximum absolute atomic E-state index is 13.1. The summed E-state index contributed by atoms with van der Waals surface area (Å²) in [7, 11) is 3.26. The van der Waals surface area contributed by atoms with Crippen molar-refractivity contribution in [3.63, 3.8) is 0 Å². The summed E-state index contributed by atoms with van der Waals surface area (Å²) >= 11 is 0. The van der Waals surface area contributed by atoms with E-state index in [2.05, 4.69) is 10.1 Å². The molecule has 1 amide bonds. The molecule has 0 saturated heterocycles. The number of halogens is 3. The Morgan fingerprint density at radius 2 is 1.75 bits per heavy atom. The van der Waals surface area contributed by atoms with Gasteiger partial charge < -0.3 is 4.90 Å². The maximum Gasteiger partial charge on any atom is 0.416 e. The van der Waals surface area contributed by atoms with E-state index in [0.29, 0.717) is 17.2 Å². The molecule has 1 heterocycles. The van der Waals surface area contributed by atoms with Crippen LogP contribution in [-0.4, -0.2) is 32.6 Å². The molecule has 0 aliphatic heterocycles. The van der Waals surface area contributed by atoms with Crippen LogP contribution in [0.5, 0.6) is 0 Å². The van der Waals surface area contributed by atoms with Gasteiger partial charge in [0.2, 0.25) is 0 Å². The summed E-state index contributed by atoms with van der Waals surface area (Å²) in [6.45, 7) is 1.65. The number of benzene rings is 2. The first-order valence-electron chi connectivity index (χ1n) is 8.55. The second kappa shape index (κ2) is 7.46. The number of amides is 1. The van der Waals surface area contributed by atoms with Gasteiger partial charge in [0, 0.05) is 31.8 Å². The van der Waals surface area contributed by atoms with Gasteiger partial charge in [-0.3, -0.25) is 4.79 Å². The number of alkyl halides is 3. The van der Waals surface area contributed by atoms with Crippen molar-refractivity contribution >= 4 is 5.91 Å². The van der Waals surface area contributed by atoms with Crippen LogP contribution in [0.3, 0.4) is 0 Å². The first-order chi connectivity index (χ1) is 13.2. The minimum Gasteiger partial charge on any atom is -0.337 e. The Balaban J connectivity index is 1.78. The van der Waals surface area contributed by atoms with Crippen LogP contribution >= 0.6 is 0 Å². The molecule has 0 bridgehead atoms. The first-order valence-corrected chi connectivity index (χ1v) is 8.55. The number of rotatable bonds is 4. The fourth-order valence-electron chi connectivity index (χ4n) is 3.01. The summed E-state index contributed by atoms with van der Waals surface area (Å²) in [5.74, 6) is 0.947. The molecular weight excluding hydrogens is 369 g/mol. The van der Waals surface area contributed by atoms with Gasteiger partial charge in [-0.1, -0.05) is 30.3 Å². The second-order valence-electron chi connectivity index (χ2n) is 6.50. The third-order valence-electron chi connectivity index (χ3n) is 4.34. The van der Waals surface area contributed by atoms with Crippen molar-refractivity contribution in [2.24, 2.45) is 7.05 Å². The number of nitrogens with zero attached hydrogens (tertiary/aromatic N) is 4. The van der Waals surface area contributed by atoms with Crippen molar-refractivity contribution in [2.75, 3.05) is 7.05 Å². The predicted molar refractivity (Wildman–Crippen MR) is 98.4 cm³/mol. The molecule has 28 heavy (non-hydrogen) atoms. The summed E-state index contributed by atoms with van der Waals surface area (Å²) in [5.41, 5.74) is 0.499. The lowest BCUT2D eigenvalue weighted by atomic mass is 10.1. The highest BCUT2D eigenvalue weighted by Gasteiger charge is 2.33. The van der Waals surface area contributed by atoms with Gasteiger partial charge in [-0.2, -0.15) is 18.3 Å². The molecule has 3 aromatic rings. The normalized spacial score (nSPS) is 11.5. The molecule has 0 atom stereocenters. The smallest absolute Gasteiger partial charge is 0.337 e. The molecule has 0 unspecified atom stereocenters. The van der Waals surface area contributed by atoms with Crippen LogP contribution in [0, 0.1) is 6.92 Å². The molecule has 146 valence electrons. The van der Waals surface area contributed by atoms with Gasteiger partial charge in [0.05, 0.1) is 5.56 Å². The topological polar surface area (TPSA) is 51.0 Å². The third kappa shape index (κ3) is 4.05. The van der Waals surface area contributed by atoms with E-state index in [4.69, 9.17) is 0 Å². The van der Waals surface area contributed by atoms with Crippen LogP contribution in [0.2, 0.25) is 0 Å². The van der Waals surface area contributed by atoms with Gasteiger partial charge in [-0.15, -0.1) is 0 Å². The Kier molecular flexibility index (Phi) is 5.22. The van der Waals surface area contributed by atoms with Crippen LogP contribution in [0.1, 0.15) is 27.3 Å². The Hall–Kier alpha value is -3.16. The fraction of sp³-hybridized carbons (Fsp3) is 0.250. The van der Waals surface area contributed by atoms with E-state index >= 15 is 0 Å². The Morgan fingerprint density at radius 1 is 1.11 bits per heavy atom. The Labute approximate surface area is 160 Å². The van der Waals surface area contributed by atoms with Crippen molar-refractivity contribution in [2.45, 2.75) is 19.6 Å². The monoisotopic (exact) mass is 388 g/mol. The van der Waals surface area contributed by atoms with E-state index in [-0.39, 0.29) is 18.0 Å². The van der Waals surface area contributed by atoms with Crippen LogP contribution in [0.25, 0.3) is 11.4 Å². The number of hydrogen-bond acceptors (Lipinski definition) is 3. The SMILES string of the molecule is Cc1nc(-c2ccc(C(=O)N(C)Cc3ccccc3C(F)(F)F)cc2)n(C)n1. The van der Waals surface area contributed by atoms with Crippen molar-refractivity contribution < 1.29 is 18.0 Å². The zero-order valence-electron chi connectivity index (χ0n) is 15.7. The highest BCUT2D eigenvalue weighted by atomic mass is 19.4. The number of carbonyl (C=O) groups excluding carboxylic acids is 1. The average Bonchev–Trinajstić information content (AvgIpc) is 2.99. The summed E-state index contributed by atoms with van der Waals surface area (Å²) < 4.78 is 41.1. The third-order valence-corrected chi connectivity index (χ3v) is 4.34. The molecular formula is C20H19F3N4O. The lowest BCUT2D eigenvalue weighted by molar-refractivity contribution is -0.138. The zero-order chi connectivity index (χ0) is 20.5. The van der Waals surface area contributed by atoms with Crippen LogP contribution in [-0.2, 0) is 19.8 Å². The molecule has 1 aromatic heterocycles. The van der Waals surface area contributed by atoms with E-state index in [1.165, 1.54) is 30.1 Å². The molecule has 2 aromatic carbocycles. The van der Waals surface area contributed by atoms with E-state index in [9.17, 15) is 18.0 Å². The lowest BCUT2D eigenvalue weighted by Gasteiger charge is -2.20. The van der Waals surface area contributed by atoms with Gasteiger partial charge in [0.15, 0.2) is 5.82 Å². The van der Waals surface area contributed by atoms with Crippen molar-refractivity contribution in [3.05, 3.63) is 71.0 Å². The maximum atomic E-state index is 13.1. The van der Waals surface area contributed by atoms with Gasteiger partial charge in [-0.25, -0.2) is 9.67 Å². The summed E-state index contributed by atoms with van der Waals surface area (Å²) in [4.78, 5) is 18.2. The van der Waals surface area contributed by atoms with E-state index in [1.54, 1.807) is 42.9 Å². The number of aromatic nitrogens is 3. The van der Waals surface area contributed by atoms with E-state index < -0.39 is 11.7 Å². The molecule has 0 N–H and O–H groups in total. The zero-order valence-corrected chi connectivity index (χ0v) is 15.7. The van der Waals surface area contributed by atoms with Gasteiger partial charge >= 0.3 is 6.18 Å². The van der Waals surface area contributed by atoms with E-state index in [1.807, 2.05) is 0 Å². The highest BCUT2D eigenvalue weighted by molar-refractivity contribution is 5.94. The molecule has 0 radical (unpaired) electrons. The van der Waals surface area contributed by atoms with Crippen LogP contribution in [0.15, 0.2) is 48.5 Å². The number of aryl methyl sites for hydroxylation is 2. The van der Waals surface area contributed by atoms with Crippen molar-refractivity contribution in [3.8, 4) is 11.4 Å². The molecule has 3 rings (SSSR count). The highest BCUT2D eigenvalue weighted by Crippen LogP contribution is 2.32. The molecule has 0 aliphatic rings. The molecule has 0 fully saturated rings. The minimum absolute atomic E-state index is 0.0528. The first kappa shape index (κ1) is 19.6. The minimum atomic E-state index is -4.46. The van der Waals surface area contributed by atoms with Crippen LogP contribution < -0.4 is 0 Å². The van der Waals surface area contributed by atoms with Gasteiger partial charge in [-0.05, 0) is 30.7 Å². The Bertz CT molecular complexity index is 993. The summed E-state index contributed by atoms with van der Waals surface area (Å²) in [6, 6.07) is 12.0. The molecule has 5 nitrogen and oxygen atoms in total. The molecule has 0 spiro atoms. The van der Waals surface area contributed by atoms with E-state index in [0.717, 1.165) is 11.6 Å². The van der Waals surface area contributed by atoms with Crippen LogP contribution in [0.4, 0.5) is 13.2 Å². The largest absolute Gasteiger partial charge is 0.416 e. The fourth-order valence-corrected chi connectivity index (χ4v) is 3.01. The van der Waals surface area contributed by atoms with Gasteiger partial charge in [0.25, 0.3) is 5.91 Å². The quantitative estimate of drug-likeness (QED) is 0.677. The van der Waals surface area contributed by atoms with Gasteiger partial charge in [0.1, 0.15) is 5.82 Å². The number of carbonyl (C=O) groups is 1. The lowest BCUT2D eigenvalue weighted by Crippen LogP contribution is -2.27. The summed E-state index contributed by atoms with van der Waals surface area (Å²) in [6.07, 6.45) is -4.46. The standard InChI is InChI=1S/C20H19F3N4O/c1-13-24-18(27(3)25-13)14-8-10-15(11-9-14)19(28)26(2)12-16-6-4-5-7-17(16)20(21,22)23/h4-11H,12H2,1-3H3. The van der Waals surface area contributed by atoms with Crippen molar-refractivity contribution in [1.29, 1.82) is 0 Å². The molecule has 8 heteroatoms. The average molecular weight is 388 g/mol. The Morgan fingerprint density at radius 3 is 2.32 bits per heavy atom.